The van der Waals surface area contributed by atoms with E-state index in [9.17, 15) is 0 Å². The van der Waals surface area contributed by atoms with Crippen LogP contribution in [0.5, 0.6) is 0 Å². The molecule has 0 bridgehead atoms. The molecule has 2 nitrogen and oxygen atoms in total. The molecule has 0 saturated heterocycles. The van der Waals surface area contributed by atoms with Crippen molar-refractivity contribution in [3.05, 3.63) is 289 Å². The van der Waals surface area contributed by atoms with Crippen molar-refractivity contribution < 1.29 is 0 Å². The monoisotopic (exact) mass is 908 g/mol. The lowest BCUT2D eigenvalue weighted by molar-refractivity contribution is 0.768. The van der Waals surface area contributed by atoms with Gasteiger partial charge in [-0.2, -0.15) is 0 Å². The maximum Gasteiger partial charge on any atom is 0.0713 e. The van der Waals surface area contributed by atoms with Gasteiger partial charge in [0.25, 0.3) is 0 Å². The summed E-state index contributed by atoms with van der Waals surface area (Å²) in [6, 6.07) is 98.5. The van der Waals surface area contributed by atoms with Crippen LogP contribution in [-0.4, -0.2) is 4.57 Å². The maximum atomic E-state index is 2.43. The molecule has 0 radical (unpaired) electrons. The first-order valence-corrected chi connectivity index (χ1v) is 24.9. The van der Waals surface area contributed by atoms with Crippen LogP contribution in [0.25, 0.3) is 81.0 Å². The maximum absolute atomic E-state index is 2.43. The minimum Gasteiger partial charge on any atom is -0.310 e. The summed E-state index contributed by atoms with van der Waals surface area (Å²) >= 11 is 1.88. The summed E-state index contributed by atoms with van der Waals surface area (Å²) in [6.07, 6.45) is 0. The lowest BCUT2D eigenvalue weighted by Crippen LogP contribution is -2.28. The second kappa shape index (κ2) is 16.2. The van der Waals surface area contributed by atoms with Gasteiger partial charge in [0.1, 0.15) is 0 Å². The first-order valence-electron chi connectivity index (χ1n) is 24.1. The van der Waals surface area contributed by atoms with E-state index in [4.69, 9.17) is 0 Å². The number of anilines is 3. The lowest BCUT2D eigenvalue weighted by atomic mass is 9.68. The molecule has 0 fully saturated rings. The van der Waals surface area contributed by atoms with Crippen molar-refractivity contribution in [2.75, 3.05) is 4.90 Å². The van der Waals surface area contributed by atoms with Gasteiger partial charge in [-0.05, 0) is 116 Å². The Morgan fingerprint density at radius 1 is 0.329 bits per heavy atom. The molecule has 0 atom stereocenters. The fourth-order valence-corrected chi connectivity index (χ4v) is 12.9. The van der Waals surface area contributed by atoms with Crippen molar-refractivity contribution in [3.63, 3.8) is 0 Å². The van der Waals surface area contributed by atoms with Gasteiger partial charge in [-0.3, -0.25) is 0 Å². The molecule has 70 heavy (non-hydrogen) atoms. The number of benzene rings is 11. The van der Waals surface area contributed by atoms with Gasteiger partial charge in [0.05, 0.1) is 16.4 Å². The zero-order chi connectivity index (χ0) is 46.2. The molecule has 13 aromatic rings. The molecule has 2 aromatic heterocycles. The Morgan fingerprint density at radius 2 is 0.843 bits per heavy atom. The van der Waals surface area contributed by atoms with Gasteiger partial charge in [-0.15, -0.1) is 11.3 Å². The molecule has 328 valence electrons. The Hall–Kier alpha value is -8.76. The zero-order valence-corrected chi connectivity index (χ0v) is 39.0. The fourth-order valence-electron chi connectivity index (χ4n) is 11.6. The van der Waals surface area contributed by atoms with E-state index in [0.717, 1.165) is 22.7 Å². The van der Waals surface area contributed by atoms with E-state index in [2.05, 4.69) is 276 Å². The summed E-state index contributed by atoms with van der Waals surface area (Å²) in [6.45, 7) is 0. The van der Waals surface area contributed by atoms with Crippen LogP contribution < -0.4 is 4.90 Å². The number of fused-ring (bicyclic) bond motifs is 9. The Bertz CT molecular complexity index is 4020. The molecule has 0 aliphatic heterocycles. The highest BCUT2D eigenvalue weighted by Crippen LogP contribution is 2.57. The first-order chi connectivity index (χ1) is 34.7. The molecule has 0 unspecified atom stereocenters. The normalized spacial score (nSPS) is 12.7. The minimum atomic E-state index is -0.476. The van der Waals surface area contributed by atoms with E-state index in [0.29, 0.717) is 0 Å². The Morgan fingerprint density at radius 3 is 1.56 bits per heavy atom. The van der Waals surface area contributed by atoms with Gasteiger partial charge in [0, 0.05) is 53.7 Å². The van der Waals surface area contributed by atoms with Gasteiger partial charge in [-0.1, -0.05) is 206 Å². The average molecular weight is 909 g/mol. The number of nitrogens with zero attached hydrogens (tertiary/aromatic N) is 2. The fraction of sp³-hybridized carbons (Fsp3) is 0.0149. The van der Waals surface area contributed by atoms with Crippen LogP contribution in [0.1, 0.15) is 22.3 Å². The molecule has 11 aromatic carbocycles. The topological polar surface area (TPSA) is 8.17 Å². The minimum absolute atomic E-state index is 0.476. The second-order valence-electron chi connectivity index (χ2n) is 18.4. The molecular weight excluding hydrogens is 865 g/mol. The third-order valence-corrected chi connectivity index (χ3v) is 15.9. The van der Waals surface area contributed by atoms with Crippen LogP contribution >= 0.6 is 11.3 Å². The van der Waals surface area contributed by atoms with Gasteiger partial charge < -0.3 is 9.47 Å². The van der Waals surface area contributed by atoms with Crippen molar-refractivity contribution in [2.45, 2.75) is 5.41 Å². The van der Waals surface area contributed by atoms with E-state index < -0.39 is 5.41 Å². The van der Waals surface area contributed by atoms with Crippen LogP contribution in [0.15, 0.2) is 267 Å². The van der Waals surface area contributed by atoms with Gasteiger partial charge in [0.15, 0.2) is 0 Å². The zero-order valence-electron chi connectivity index (χ0n) is 38.2. The van der Waals surface area contributed by atoms with Crippen molar-refractivity contribution in [3.8, 4) is 39.1 Å². The molecule has 1 aliphatic carbocycles. The van der Waals surface area contributed by atoms with E-state index in [1.54, 1.807) is 0 Å². The van der Waals surface area contributed by atoms with E-state index in [-0.39, 0.29) is 0 Å². The molecule has 0 amide bonds. The Balaban J connectivity index is 0.914. The number of hydrogen-bond acceptors (Lipinski definition) is 2. The highest BCUT2D eigenvalue weighted by atomic mass is 32.1. The average Bonchev–Trinajstić information content (AvgIpc) is 4.09. The van der Waals surface area contributed by atoms with E-state index in [1.165, 1.54) is 97.6 Å². The summed E-state index contributed by atoms with van der Waals surface area (Å²) in [4.78, 5) is 2.43. The first kappa shape index (κ1) is 40.3. The highest BCUT2D eigenvalue weighted by Gasteiger charge is 2.46. The standard InChI is InChI=1S/C67H44N2S/c1-3-17-48(18-4-1)67(49-19-5-2-6-20-49)61-29-11-7-23-55(61)60-44-53(41-42-62(60)67)68(51-21-15-22-52(43-51)69-63-30-12-8-24-56(63)57-25-9-13-31-64(57)69)50-39-37-46(38-40-50)45-33-35-47(36-34-45)54-27-16-28-59-58-26-10-14-32-65(58)70-66(54)59/h1-44H. The molecule has 2 heterocycles. The van der Waals surface area contributed by atoms with Crippen LogP contribution in [0.3, 0.4) is 0 Å². The van der Waals surface area contributed by atoms with Crippen LogP contribution in [-0.2, 0) is 5.41 Å². The SMILES string of the molecule is c1ccc(C2(c3ccccc3)c3ccccc3-c3cc(N(c4ccc(-c5ccc(-c6cccc7c6sc6ccccc67)cc5)cc4)c4cccc(-n5c6ccccc6c6ccccc65)c4)ccc32)cc1. The molecule has 3 heteroatoms. The molecular formula is C67H44N2S. The summed E-state index contributed by atoms with van der Waals surface area (Å²) in [5, 5.41) is 5.14. The van der Waals surface area contributed by atoms with Crippen molar-refractivity contribution in [1.82, 2.24) is 4.57 Å². The summed E-state index contributed by atoms with van der Waals surface area (Å²) in [5.41, 5.74) is 18.8. The molecule has 0 saturated carbocycles. The number of para-hydroxylation sites is 2. The lowest BCUT2D eigenvalue weighted by Gasteiger charge is -2.34. The van der Waals surface area contributed by atoms with Crippen LogP contribution in [0.4, 0.5) is 17.1 Å². The van der Waals surface area contributed by atoms with Crippen molar-refractivity contribution >= 4 is 70.4 Å². The van der Waals surface area contributed by atoms with Crippen molar-refractivity contribution in [1.29, 1.82) is 0 Å². The smallest absolute Gasteiger partial charge is 0.0713 e. The largest absolute Gasteiger partial charge is 0.310 e. The van der Waals surface area contributed by atoms with Crippen molar-refractivity contribution in [2.24, 2.45) is 0 Å². The number of aromatic nitrogens is 1. The number of rotatable bonds is 8. The summed E-state index contributed by atoms with van der Waals surface area (Å²) in [7, 11) is 0. The third-order valence-electron chi connectivity index (χ3n) is 14.7. The number of thiophene rings is 1. The predicted molar refractivity (Wildman–Crippen MR) is 297 cm³/mol. The van der Waals surface area contributed by atoms with Gasteiger partial charge >= 0.3 is 0 Å². The number of hydrogen-bond donors (Lipinski definition) is 0. The third kappa shape index (κ3) is 6.19. The molecule has 14 rings (SSSR count). The summed E-state index contributed by atoms with van der Waals surface area (Å²) < 4.78 is 5.07. The quantitative estimate of drug-likeness (QED) is 0.147. The highest BCUT2D eigenvalue weighted by molar-refractivity contribution is 7.26. The Labute approximate surface area is 411 Å². The second-order valence-corrected chi connectivity index (χ2v) is 19.4. The predicted octanol–water partition coefficient (Wildman–Crippen LogP) is 18.3. The van der Waals surface area contributed by atoms with E-state index >= 15 is 0 Å². The molecule has 0 N–H and O–H groups in total. The van der Waals surface area contributed by atoms with Crippen LogP contribution in [0, 0.1) is 0 Å². The molecule has 0 spiro atoms. The summed E-state index contributed by atoms with van der Waals surface area (Å²) in [5.74, 6) is 0. The van der Waals surface area contributed by atoms with Gasteiger partial charge in [-0.25, -0.2) is 0 Å². The molecule has 1 aliphatic rings. The van der Waals surface area contributed by atoms with Gasteiger partial charge in [0.2, 0.25) is 0 Å². The van der Waals surface area contributed by atoms with Crippen LogP contribution in [0.2, 0.25) is 0 Å². The van der Waals surface area contributed by atoms with E-state index in [1.807, 2.05) is 11.3 Å². The Kier molecular flexibility index (Phi) is 9.33.